The number of hydrogen-bond donors (Lipinski definition) is 0. The van der Waals surface area contributed by atoms with E-state index in [2.05, 4.69) is 43.0 Å². The van der Waals surface area contributed by atoms with Crippen molar-refractivity contribution in [3.8, 4) is 0 Å². The van der Waals surface area contributed by atoms with Gasteiger partial charge in [-0.15, -0.1) is 11.6 Å². The number of rotatable bonds is 12. The molecule has 1 rings (SSSR count). The zero-order valence-corrected chi connectivity index (χ0v) is 18.6. The Morgan fingerprint density at radius 2 is 1.81 bits per heavy atom. The van der Waals surface area contributed by atoms with Crippen LogP contribution in [0.5, 0.6) is 0 Å². The van der Waals surface area contributed by atoms with Crippen LogP contribution >= 0.6 is 11.6 Å². The monoisotopic (exact) mass is 395 g/mol. The molecule has 0 heterocycles. The van der Waals surface area contributed by atoms with E-state index in [4.69, 9.17) is 16.3 Å². The van der Waals surface area contributed by atoms with E-state index < -0.39 is 5.60 Å². The van der Waals surface area contributed by atoms with E-state index in [1.54, 1.807) is 0 Å². The SMILES string of the molecule is CCCCC[C@H](CC(=O)OC(C)(C)C)N(CCCCl)[C@H](C)c1ccccc1. The molecule has 2 atom stereocenters. The summed E-state index contributed by atoms with van der Waals surface area (Å²) >= 11 is 6.00. The summed E-state index contributed by atoms with van der Waals surface area (Å²) in [6.45, 7) is 11.1. The standard InChI is InChI=1S/C23H38ClNO2/c1-6-7-9-15-21(18-22(26)27-23(3,4)5)25(17-12-16-24)19(2)20-13-10-8-11-14-20/h8,10-11,13-14,19,21H,6-7,9,12,15-18H2,1-5H3/t19-,21-/m1/s1. The fourth-order valence-corrected chi connectivity index (χ4v) is 3.57. The first-order valence-electron chi connectivity index (χ1n) is 10.4. The van der Waals surface area contributed by atoms with Crippen molar-refractivity contribution in [2.75, 3.05) is 12.4 Å². The van der Waals surface area contributed by atoms with Gasteiger partial charge >= 0.3 is 5.97 Å². The average molecular weight is 396 g/mol. The summed E-state index contributed by atoms with van der Waals surface area (Å²) in [6.07, 6.45) is 5.84. The summed E-state index contributed by atoms with van der Waals surface area (Å²) in [7, 11) is 0. The first-order valence-corrected chi connectivity index (χ1v) is 10.9. The molecule has 0 saturated heterocycles. The van der Waals surface area contributed by atoms with E-state index in [1.165, 1.54) is 18.4 Å². The molecule has 4 heteroatoms. The third-order valence-corrected chi connectivity index (χ3v) is 5.03. The third kappa shape index (κ3) is 9.62. The normalized spacial score (nSPS) is 14.2. The van der Waals surface area contributed by atoms with E-state index in [0.29, 0.717) is 12.3 Å². The van der Waals surface area contributed by atoms with Gasteiger partial charge in [0.2, 0.25) is 0 Å². The van der Waals surface area contributed by atoms with Crippen LogP contribution in [0.25, 0.3) is 0 Å². The van der Waals surface area contributed by atoms with Crippen molar-refractivity contribution in [1.82, 2.24) is 4.90 Å². The molecular weight excluding hydrogens is 358 g/mol. The quantitative estimate of drug-likeness (QED) is 0.234. The van der Waals surface area contributed by atoms with Crippen molar-refractivity contribution >= 4 is 17.6 Å². The molecule has 0 aliphatic heterocycles. The number of unbranched alkanes of at least 4 members (excludes halogenated alkanes) is 2. The second kappa shape index (κ2) is 12.4. The minimum atomic E-state index is -0.447. The molecule has 0 spiro atoms. The maximum absolute atomic E-state index is 12.6. The van der Waals surface area contributed by atoms with Gasteiger partial charge in [-0.25, -0.2) is 0 Å². The Morgan fingerprint density at radius 1 is 1.15 bits per heavy atom. The summed E-state index contributed by atoms with van der Waals surface area (Å²) in [5.74, 6) is 0.520. The molecule has 0 unspecified atom stereocenters. The summed E-state index contributed by atoms with van der Waals surface area (Å²) < 4.78 is 5.62. The molecule has 0 saturated carbocycles. The van der Waals surface area contributed by atoms with Gasteiger partial charge in [0.1, 0.15) is 5.60 Å². The zero-order valence-electron chi connectivity index (χ0n) is 17.8. The molecular formula is C23H38ClNO2. The number of esters is 1. The van der Waals surface area contributed by atoms with Crippen LogP contribution in [-0.2, 0) is 9.53 Å². The highest BCUT2D eigenvalue weighted by molar-refractivity contribution is 6.17. The molecule has 0 aliphatic rings. The number of carbonyl (C=O) groups excluding carboxylic acids is 1. The van der Waals surface area contributed by atoms with Crippen molar-refractivity contribution in [3.05, 3.63) is 35.9 Å². The minimum Gasteiger partial charge on any atom is -0.460 e. The predicted octanol–water partition coefficient (Wildman–Crippen LogP) is 6.36. The topological polar surface area (TPSA) is 29.5 Å². The van der Waals surface area contributed by atoms with Crippen molar-refractivity contribution in [3.63, 3.8) is 0 Å². The molecule has 27 heavy (non-hydrogen) atoms. The number of hydrogen-bond acceptors (Lipinski definition) is 3. The van der Waals surface area contributed by atoms with Crippen molar-refractivity contribution in [2.45, 2.75) is 90.8 Å². The molecule has 0 amide bonds. The molecule has 1 aromatic carbocycles. The van der Waals surface area contributed by atoms with Gasteiger partial charge in [0.25, 0.3) is 0 Å². The molecule has 0 fully saturated rings. The van der Waals surface area contributed by atoms with E-state index in [0.717, 1.165) is 25.8 Å². The van der Waals surface area contributed by atoms with Crippen molar-refractivity contribution in [2.24, 2.45) is 0 Å². The molecule has 0 aliphatic carbocycles. The second-order valence-electron chi connectivity index (χ2n) is 8.31. The Kier molecular flexibility index (Phi) is 11.0. The highest BCUT2D eigenvalue weighted by Gasteiger charge is 2.28. The molecule has 3 nitrogen and oxygen atoms in total. The van der Waals surface area contributed by atoms with Crippen LogP contribution in [0.2, 0.25) is 0 Å². The fourth-order valence-electron chi connectivity index (χ4n) is 3.45. The lowest BCUT2D eigenvalue weighted by Gasteiger charge is -2.37. The number of ether oxygens (including phenoxy) is 1. The van der Waals surface area contributed by atoms with Gasteiger partial charge in [0.15, 0.2) is 0 Å². The van der Waals surface area contributed by atoms with Crippen LogP contribution < -0.4 is 0 Å². The first kappa shape index (κ1) is 24.0. The summed E-state index contributed by atoms with van der Waals surface area (Å²) in [6, 6.07) is 10.9. The van der Waals surface area contributed by atoms with Crippen LogP contribution in [0.3, 0.4) is 0 Å². The molecule has 0 bridgehead atoms. The van der Waals surface area contributed by atoms with E-state index in [-0.39, 0.29) is 18.1 Å². The summed E-state index contributed by atoms with van der Waals surface area (Å²) in [5, 5.41) is 0. The highest BCUT2D eigenvalue weighted by Crippen LogP contribution is 2.27. The van der Waals surface area contributed by atoms with Gasteiger partial charge in [-0.2, -0.15) is 0 Å². The van der Waals surface area contributed by atoms with Gasteiger partial charge in [-0.3, -0.25) is 9.69 Å². The zero-order chi connectivity index (χ0) is 20.3. The van der Waals surface area contributed by atoms with Crippen LogP contribution in [-0.4, -0.2) is 34.9 Å². The lowest BCUT2D eigenvalue weighted by atomic mass is 9.98. The van der Waals surface area contributed by atoms with Crippen molar-refractivity contribution < 1.29 is 9.53 Å². The molecule has 1 aromatic rings. The number of nitrogens with zero attached hydrogens (tertiary/aromatic N) is 1. The third-order valence-electron chi connectivity index (χ3n) is 4.76. The molecule has 0 radical (unpaired) electrons. The Morgan fingerprint density at radius 3 is 2.37 bits per heavy atom. The van der Waals surface area contributed by atoms with Crippen LogP contribution in [0.4, 0.5) is 0 Å². The maximum atomic E-state index is 12.6. The molecule has 0 aromatic heterocycles. The predicted molar refractivity (Wildman–Crippen MR) is 115 cm³/mol. The Labute approximate surface area is 171 Å². The van der Waals surface area contributed by atoms with E-state index >= 15 is 0 Å². The fraction of sp³-hybridized carbons (Fsp3) is 0.696. The van der Waals surface area contributed by atoms with E-state index in [9.17, 15) is 4.79 Å². The summed E-state index contributed by atoms with van der Waals surface area (Å²) in [5.41, 5.74) is 0.827. The smallest absolute Gasteiger partial charge is 0.307 e. The highest BCUT2D eigenvalue weighted by atomic mass is 35.5. The summed E-state index contributed by atoms with van der Waals surface area (Å²) in [4.78, 5) is 15.0. The van der Waals surface area contributed by atoms with Crippen LogP contribution in [0.1, 0.15) is 84.7 Å². The van der Waals surface area contributed by atoms with Gasteiger partial charge in [-0.05, 0) is 46.1 Å². The second-order valence-corrected chi connectivity index (χ2v) is 8.69. The molecule has 154 valence electrons. The molecule has 0 N–H and O–H groups in total. The number of carbonyl (C=O) groups is 1. The van der Waals surface area contributed by atoms with Crippen LogP contribution in [0, 0.1) is 0 Å². The Bertz CT molecular complexity index is 527. The minimum absolute atomic E-state index is 0.111. The maximum Gasteiger partial charge on any atom is 0.307 e. The number of benzene rings is 1. The average Bonchev–Trinajstić information content (AvgIpc) is 2.61. The van der Waals surface area contributed by atoms with Gasteiger partial charge in [0, 0.05) is 24.5 Å². The number of alkyl halides is 1. The van der Waals surface area contributed by atoms with Crippen molar-refractivity contribution in [1.29, 1.82) is 0 Å². The Balaban J connectivity index is 2.98. The van der Waals surface area contributed by atoms with E-state index in [1.807, 2.05) is 26.8 Å². The van der Waals surface area contributed by atoms with Gasteiger partial charge in [-0.1, -0.05) is 56.5 Å². The lowest BCUT2D eigenvalue weighted by Crippen LogP contribution is -2.41. The van der Waals surface area contributed by atoms with Gasteiger partial charge in [0.05, 0.1) is 6.42 Å². The largest absolute Gasteiger partial charge is 0.460 e. The van der Waals surface area contributed by atoms with Crippen LogP contribution in [0.15, 0.2) is 30.3 Å². The lowest BCUT2D eigenvalue weighted by molar-refractivity contribution is -0.156. The first-order chi connectivity index (χ1) is 12.8. The Hall–Kier alpha value is -1.06. The number of halogens is 1. The van der Waals surface area contributed by atoms with Gasteiger partial charge < -0.3 is 4.74 Å².